The fourth-order valence-electron chi connectivity index (χ4n) is 3.13. The second kappa shape index (κ2) is 19.7. The largest absolute Gasteiger partial charge is 0.480 e. The molecule has 0 rings (SSSR count). The fourth-order valence-corrected chi connectivity index (χ4v) is 3.13. The average Bonchev–Trinajstić information content (AvgIpc) is 2.62. The summed E-state index contributed by atoms with van der Waals surface area (Å²) in [6.07, 6.45) is 24.8. The van der Waals surface area contributed by atoms with Crippen molar-refractivity contribution in [1.29, 1.82) is 0 Å². The summed E-state index contributed by atoms with van der Waals surface area (Å²) >= 11 is 0. The van der Waals surface area contributed by atoms with Crippen LogP contribution in [0.4, 0.5) is 0 Å². The number of nitrogens with one attached hydrogen (secondary N) is 1. The molecule has 0 saturated carbocycles. The molecule has 2 N–H and O–H groups in total. The summed E-state index contributed by atoms with van der Waals surface area (Å²) < 4.78 is 0. The molecule has 0 aliphatic carbocycles. The van der Waals surface area contributed by atoms with Crippen LogP contribution < -0.4 is 5.32 Å². The normalized spacial score (nSPS) is 13.2. The van der Waals surface area contributed by atoms with Crippen molar-refractivity contribution in [2.75, 3.05) is 6.54 Å². The van der Waals surface area contributed by atoms with Crippen LogP contribution in [0.3, 0.4) is 0 Å². The highest BCUT2D eigenvalue weighted by Crippen LogP contribution is 2.09. The van der Waals surface area contributed by atoms with Gasteiger partial charge in [-0.15, -0.1) is 0 Å². The lowest BCUT2D eigenvalue weighted by molar-refractivity contribution is -0.139. The van der Waals surface area contributed by atoms with E-state index in [9.17, 15) is 9.90 Å². The summed E-state index contributed by atoms with van der Waals surface area (Å²) in [7, 11) is 0. The van der Waals surface area contributed by atoms with E-state index >= 15 is 0 Å². The van der Waals surface area contributed by atoms with Crippen molar-refractivity contribution in [2.45, 2.75) is 110 Å². The smallest absolute Gasteiger partial charge is 0.320 e. The molecular weight excluding hydrogens is 334 g/mol. The number of aliphatic carboxylic acids is 1. The second-order valence-corrected chi connectivity index (χ2v) is 8.06. The highest BCUT2D eigenvalue weighted by molar-refractivity contribution is 5.73. The lowest BCUT2D eigenvalue weighted by atomic mass is 10.0. The molecule has 27 heavy (non-hydrogen) atoms. The minimum absolute atomic E-state index is 0.386. The first kappa shape index (κ1) is 25.9. The first-order chi connectivity index (χ1) is 13.1. The van der Waals surface area contributed by atoms with Crippen molar-refractivity contribution < 1.29 is 9.90 Å². The molecule has 0 aromatic heterocycles. The van der Waals surface area contributed by atoms with E-state index < -0.39 is 5.97 Å². The van der Waals surface area contributed by atoms with Gasteiger partial charge in [0.1, 0.15) is 6.04 Å². The number of unbranched alkanes of at least 4 members (excludes halogenated alkanes) is 9. The molecule has 3 heteroatoms. The Hall–Kier alpha value is -1.09. The predicted molar refractivity (Wildman–Crippen MR) is 118 cm³/mol. The Labute approximate surface area is 168 Å². The van der Waals surface area contributed by atoms with E-state index in [0.717, 1.165) is 19.4 Å². The molecule has 0 radical (unpaired) electrons. The molecule has 0 fully saturated rings. The molecule has 0 bridgehead atoms. The van der Waals surface area contributed by atoms with Crippen LogP contribution in [0.2, 0.25) is 0 Å². The van der Waals surface area contributed by atoms with E-state index in [1.807, 2.05) is 0 Å². The number of hydrogen-bond donors (Lipinski definition) is 2. The zero-order chi connectivity index (χ0) is 20.2. The number of hydrogen-bond acceptors (Lipinski definition) is 2. The van der Waals surface area contributed by atoms with Crippen LogP contribution in [-0.4, -0.2) is 23.7 Å². The molecule has 1 atom stereocenters. The fraction of sp³-hybridized carbons (Fsp3) is 0.792. The van der Waals surface area contributed by atoms with Gasteiger partial charge in [0, 0.05) is 0 Å². The third-order valence-electron chi connectivity index (χ3n) is 4.77. The molecule has 158 valence electrons. The Kier molecular flexibility index (Phi) is 18.9. The molecule has 0 spiro atoms. The Morgan fingerprint density at radius 1 is 0.852 bits per heavy atom. The molecule has 0 unspecified atom stereocenters. The monoisotopic (exact) mass is 379 g/mol. The number of carboxylic acids is 1. The SMILES string of the molecule is CCCCC/C=C\C/C=C\CCCCCCCCN[C@@H](CC(C)C)C(=O)O. The maximum absolute atomic E-state index is 11.2. The van der Waals surface area contributed by atoms with Crippen LogP contribution >= 0.6 is 0 Å². The van der Waals surface area contributed by atoms with Gasteiger partial charge in [-0.25, -0.2) is 0 Å². The number of carbonyl (C=O) groups is 1. The summed E-state index contributed by atoms with van der Waals surface area (Å²) in [6.45, 7) is 7.20. The summed E-state index contributed by atoms with van der Waals surface area (Å²) in [5.41, 5.74) is 0. The Morgan fingerprint density at radius 2 is 1.41 bits per heavy atom. The Balaban J connectivity index is 3.39. The van der Waals surface area contributed by atoms with E-state index in [1.165, 1.54) is 64.2 Å². The van der Waals surface area contributed by atoms with Crippen LogP contribution in [0.15, 0.2) is 24.3 Å². The van der Waals surface area contributed by atoms with E-state index in [-0.39, 0.29) is 6.04 Å². The van der Waals surface area contributed by atoms with Crippen molar-refractivity contribution in [3.05, 3.63) is 24.3 Å². The Morgan fingerprint density at radius 3 is 1.96 bits per heavy atom. The van der Waals surface area contributed by atoms with Crippen molar-refractivity contribution in [3.8, 4) is 0 Å². The third-order valence-corrected chi connectivity index (χ3v) is 4.77. The first-order valence-corrected chi connectivity index (χ1v) is 11.3. The first-order valence-electron chi connectivity index (χ1n) is 11.3. The Bertz CT molecular complexity index is 388. The lowest BCUT2D eigenvalue weighted by Gasteiger charge is -2.16. The molecule has 0 aliphatic heterocycles. The number of allylic oxidation sites excluding steroid dienone is 4. The molecular formula is C24H45NO2. The highest BCUT2D eigenvalue weighted by Gasteiger charge is 2.17. The van der Waals surface area contributed by atoms with Gasteiger partial charge < -0.3 is 10.4 Å². The van der Waals surface area contributed by atoms with Crippen LogP contribution in [-0.2, 0) is 4.79 Å². The molecule has 0 aromatic rings. The van der Waals surface area contributed by atoms with Gasteiger partial charge in [0.05, 0.1) is 0 Å². The second-order valence-electron chi connectivity index (χ2n) is 8.06. The summed E-state index contributed by atoms with van der Waals surface area (Å²) in [5, 5.41) is 12.4. The van der Waals surface area contributed by atoms with Gasteiger partial charge in [0.25, 0.3) is 0 Å². The maximum atomic E-state index is 11.2. The number of carboxylic acid groups (broad SMARTS) is 1. The van der Waals surface area contributed by atoms with Crippen LogP contribution in [0.1, 0.15) is 104 Å². The van der Waals surface area contributed by atoms with Gasteiger partial charge in [0.2, 0.25) is 0 Å². The maximum Gasteiger partial charge on any atom is 0.320 e. The zero-order valence-electron chi connectivity index (χ0n) is 18.2. The lowest BCUT2D eigenvalue weighted by Crippen LogP contribution is -2.38. The topological polar surface area (TPSA) is 49.3 Å². The van der Waals surface area contributed by atoms with Crippen molar-refractivity contribution in [3.63, 3.8) is 0 Å². The van der Waals surface area contributed by atoms with Gasteiger partial charge in [0.15, 0.2) is 0 Å². The highest BCUT2D eigenvalue weighted by atomic mass is 16.4. The molecule has 0 aliphatic rings. The molecule has 0 heterocycles. The van der Waals surface area contributed by atoms with Gasteiger partial charge >= 0.3 is 5.97 Å². The average molecular weight is 380 g/mol. The van der Waals surface area contributed by atoms with Crippen LogP contribution in [0, 0.1) is 5.92 Å². The minimum Gasteiger partial charge on any atom is -0.480 e. The summed E-state index contributed by atoms with van der Waals surface area (Å²) in [5.74, 6) is -0.307. The van der Waals surface area contributed by atoms with Crippen molar-refractivity contribution in [2.24, 2.45) is 5.92 Å². The van der Waals surface area contributed by atoms with E-state index in [4.69, 9.17) is 0 Å². The van der Waals surface area contributed by atoms with E-state index in [2.05, 4.69) is 50.4 Å². The predicted octanol–water partition coefficient (Wildman–Crippen LogP) is 6.89. The van der Waals surface area contributed by atoms with E-state index in [1.54, 1.807) is 0 Å². The molecule has 0 saturated heterocycles. The van der Waals surface area contributed by atoms with Crippen LogP contribution in [0.5, 0.6) is 0 Å². The molecule has 0 aromatic carbocycles. The molecule has 0 amide bonds. The summed E-state index contributed by atoms with van der Waals surface area (Å²) in [6, 6.07) is -0.386. The van der Waals surface area contributed by atoms with Crippen molar-refractivity contribution in [1.82, 2.24) is 5.32 Å². The van der Waals surface area contributed by atoms with Crippen LogP contribution in [0.25, 0.3) is 0 Å². The zero-order valence-corrected chi connectivity index (χ0v) is 18.2. The number of rotatable bonds is 19. The van der Waals surface area contributed by atoms with Gasteiger partial charge in [-0.2, -0.15) is 0 Å². The standard InChI is InChI=1S/C24H45NO2/c1-4-5-6-7-8-9-10-11-12-13-14-15-16-17-18-19-20-25-23(24(26)27)21-22(2)3/h8-9,11-12,22-23,25H,4-7,10,13-21H2,1-3H3,(H,26,27)/b9-8-,12-11-/t23-/m0/s1. The quantitative estimate of drug-likeness (QED) is 0.190. The minimum atomic E-state index is -0.719. The summed E-state index contributed by atoms with van der Waals surface area (Å²) in [4.78, 5) is 11.2. The van der Waals surface area contributed by atoms with Crippen molar-refractivity contribution >= 4 is 5.97 Å². The van der Waals surface area contributed by atoms with Gasteiger partial charge in [-0.05, 0) is 57.4 Å². The van der Waals surface area contributed by atoms with E-state index in [0.29, 0.717) is 12.3 Å². The third kappa shape index (κ3) is 19.5. The van der Waals surface area contributed by atoms with Gasteiger partial charge in [-0.1, -0.05) is 83.6 Å². The van der Waals surface area contributed by atoms with Gasteiger partial charge in [-0.3, -0.25) is 4.79 Å². The molecule has 3 nitrogen and oxygen atoms in total.